The summed E-state index contributed by atoms with van der Waals surface area (Å²) < 4.78 is 1.38. The average Bonchev–Trinajstić information content (AvgIpc) is 3.17. The van der Waals surface area contributed by atoms with E-state index in [1.54, 1.807) is 13.1 Å². The van der Waals surface area contributed by atoms with Crippen molar-refractivity contribution in [2.45, 2.75) is 26.5 Å². The molecule has 0 radical (unpaired) electrons. The molecule has 1 unspecified atom stereocenters. The fourth-order valence-corrected chi connectivity index (χ4v) is 2.93. The van der Waals surface area contributed by atoms with E-state index >= 15 is 0 Å². The smallest absolute Gasteiger partial charge is 0.247 e. The SMILES string of the molecule is Cc1ccccc1-c1csc(NC(=O)Cn2cc(C(C)O)nn2)n1. The highest BCUT2D eigenvalue weighted by Crippen LogP contribution is 2.27. The van der Waals surface area contributed by atoms with Gasteiger partial charge in [-0.1, -0.05) is 29.5 Å². The van der Waals surface area contributed by atoms with Crippen molar-refractivity contribution < 1.29 is 9.90 Å². The number of nitrogens with zero attached hydrogens (tertiary/aromatic N) is 4. The van der Waals surface area contributed by atoms with Gasteiger partial charge in [-0.2, -0.15) is 0 Å². The van der Waals surface area contributed by atoms with Gasteiger partial charge >= 0.3 is 0 Å². The van der Waals surface area contributed by atoms with E-state index in [0.29, 0.717) is 10.8 Å². The molecule has 2 heterocycles. The Morgan fingerprint density at radius 3 is 2.92 bits per heavy atom. The van der Waals surface area contributed by atoms with Gasteiger partial charge in [-0.15, -0.1) is 16.4 Å². The van der Waals surface area contributed by atoms with Crippen LogP contribution in [-0.2, 0) is 11.3 Å². The third kappa shape index (κ3) is 3.66. The summed E-state index contributed by atoms with van der Waals surface area (Å²) in [6, 6.07) is 7.97. The zero-order chi connectivity index (χ0) is 17.1. The summed E-state index contributed by atoms with van der Waals surface area (Å²) >= 11 is 1.37. The third-order valence-corrected chi connectivity index (χ3v) is 4.22. The Hall–Kier alpha value is -2.58. The first-order chi connectivity index (χ1) is 11.5. The minimum absolute atomic E-state index is 0.0129. The van der Waals surface area contributed by atoms with Crippen LogP contribution >= 0.6 is 11.3 Å². The van der Waals surface area contributed by atoms with Crippen LogP contribution in [0.25, 0.3) is 11.3 Å². The molecule has 1 aromatic carbocycles. The highest BCUT2D eigenvalue weighted by Gasteiger charge is 2.12. The average molecular weight is 343 g/mol. The monoisotopic (exact) mass is 343 g/mol. The number of hydrogen-bond acceptors (Lipinski definition) is 6. The van der Waals surface area contributed by atoms with Crippen LogP contribution in [0.4, 0.5) is 5.13 Å². The Bertz CT molecular complexity index is 856. The first-order valence-corrected chi connectivity index (χ1v) is 8.30. The maximum Gasteiger partial charge on any atom is 0.247 e. The second kappa shape index (κ2) is 6.90. The van der Waals surface area contributed by atoms with Gasteiger partial charge in [0.15, 0.2) is 5.13 Å². The lowest BCUT2D eigenvalue weighted by Crippen LogP contribution is -2.19. The van der Waals surface area contributed by atoms with Crippen LogP contribution in [0, 0.1) is 6.92 Å². The van der Waals surface area contributed by atoms with Gasteiger partial charge in [-0.05, 0) is 19.4 Å². The van der Waals surface area contributed by atoms with Crippen molar-refractivity contribution in [3.05, 3.63) is 47.1 Å². The molecular formula is C16H17N5O2S. The third-order valence-electron chi connectivity index (χ3n) is 3.46. The van der Waals surface area contributed by atoms with Crippen molar-refractivity contribution in [2.75, 3.05) is 5.32 Å². The highest BCUT2D eigenvalue weighted by molar-refractivity contribution is 7.14. The van der Waals surface area contributed by atoms with Crippen LogP contribution in [0.2, 0.25) is 0 Å². The number of hydrogen-bond donors (Lipinski definition) is 2. The summed E-state index contributed by atoms with van der Waals surface area (Å²) in [4.78, 5) is 16.5. The number of benzene rings is 1. The van der Waals surface area contributed by atoms with Crippen molar-refractivity contribution in [1.82, 2.24) is 20.0 Å². The fourth-order valence-electron chi connectivity index (χ4n) is 2.20. The Morgan fingerprint density at radius 2 is 2.21 bits per heavy atom. The maximum atomic E-state index is 12.1. The second-order valence-electron chi connectivity index (χ2n) is 5.42. The quantitative estimate of drug-likeness (QED) is 0.742. The van der Waals surface area contributed by atoms with Crippen LogP contribution in [0.1, 0.15) is 24.3 Å². The van der Waals surface area contributed by atoms with E-state index in [-0.39, 0.29) is 12.5 Å². The molecule has 0 fully saturated rings. The molecule has 2 aromatic heterocycles. The van der Waals surface area contributed by atoms with E-state index in [1.807, 2.05) is 36.6 Å². The van der Waals surface area contributed by atoms with Crippen LogP contribution < -0.4 is 5.32 Å². The normalized spacial score (nSPS) is 12.1. The number of aliphatic hydroxyl groups excluding tert-OH is 1. The molecule has 124 valence electrons. The van der Waals surface area contributed by atoms with Gasteiger partial charge in [0, 0.05) is 10.9 Å². The summed E-state index contributed by atoms with van der Waals surface area (Å²) in [7, 11) is 0. The van der Waals surface area contributed by atoms with Gasteiger partial charge in [0.25, 0.3) is 0 Å². The number of aromatic nitrogens is 4. The molecule has 1 amide bonds. The first-order valence-electron chi connectivity index (χ1n) is 7.42. The van der Waals surface area contributed by atoms with E-state index in [0.717, 1.165) is 16.8 Å². The molecule has 0 spiro atoms. The fraction of sp³-hybridized carbons (Fsp3) is 0.250. The standard InChI is InChI=1S/C16H17N5O2S/c1-10-5-3-4-6-12(10)14-9-24-16(17-14)18-15(23)8-21-7-13(11(2)22)19-20-21/h3-7,9,11,22H,8H2,1-2H3,(H,17,18,23). The van der Waals surface area contributed by atoms with Gasteiger partial charge in [0.2, 0.25) is 5.91 Å². The molecule has 24 heavy (non-hydrogen) atoms. The molecule has 2 N–H and O–H groups in total. The summed E-state index contributed by atoms with van der Waals surface area (Å²) in [5.41, 5.74) is 3.45. The van der Waals surface area contributed by atoms with Gasteiger partial charge in [-0.3, -0.25) is 4.79 Å². The molecule has 0 bridgehead atoms. The van der Waals surface area contributed by atoms with Crippen molar-refractivity contribution >= 4 is 22.4 Å². The molecular weight excluding hydrogens is 326 g/mol. The van der Waals surface area contributed by atoms with E-state index < -0.39 is 6.10 Å². The number of rotatable bonds is 5. The Morgan fingerprint density at radius 1 is 1.42 bits per heavy atom. The minimum Gasteiger partial charge on any atom is -0.387 e. The number of carbonyl (C=O) groups is 1. The molecule has 8 heteroatoms. The number of aliphatic hydroxyl groups is 1. The van der Waals surface area contributed by atoms with Crippen molar-refractivity contribution in [3.63, 3.8) is 0 Å². The van der Waals surface area contributed by atoms with Gasteiger partial charge in [0.05, 0.1) is 18.0 Å². The Kier molecular flexibility index (Phi) is 4.68. The van der Waals surface area contributed by atoms with Crippen molar-refractivity contribution in [3.8, 4) is 11.3 Å². The second-order valence-corrected chi connectivity index (χ2v) is 6.28. The van der Waals surface area contributed by atoms with Gasteiger partial charge in [0.1, 0.15) is 12.2 Å². The predicted octanol–water partition coefficient (Wildman–Crippen LogP) is 2.40. The van der Waals surface area contributed by atoms with Crippen LogP contribution in [0.15, 0.2) is 35.8 Å². The predicted molar refractivity (Wildman–Crippen MR) is 91.6 cm³/mol. The molecule has 7 nitrogen and oxygen atoms in total. The number of carbonyl (C=O) groups excluding carboxylic acids is 1. The van der Waals surface area contributed by atoms with Gasteiger partial charge < -0.3 is 10.4 Å². The lowest BCUT2D eigenvalue weighted by Gasteiger charge is -2.02. The molecule has 0 saturated carbocycles. The number of aryl methyl sites for hydroxylation is 1. The summed E-state index contributed by atoms with van der Waals surface area (Å²) in [6.07, 6.45) is 0.836. The first kappa shape index (κ1) is 16.3. The Labute approximate surface area is 143 Å². The largest absolute Gasteiger partial charge is 0.387 e. The zero-order valence-corrected chi connectivity index (χ0v) is 14.1. The molecule has 0 saturated heterocycles. The van der Waals surface area contributed by atoms with E-state index in [9.17, 15) is 9.90 Å². The van der Waals surface area contributed by atoms with E-state index in [2.05, 4.69) is 20.6 Å². The number of nitrogens with one attached hydrogen (secondary N) is 1. The topological polar surface area (TPSA) is 92.9 Å². The maximum absolute atomic E-state index is 12.1. The zero-order valence-electron chi connectivity index (χ0n) is 13.3. The van der Waals surface area contributed by atoms with Gasteiger partial charge in [-0.25, -0.2) is 9.67 Å². The molecule has 0 aliphatic heterocycles. The van der Waals surface area contributed by atoms with Crippen molar-refractivity contribution in [2.24, 2.45) is 0 Å². The number of amides is 1. The number of anilines is 1. The molecule has 0 aliphatic carbocycles. The summed E-state index contributed by atoms with van der Waals surface area (Å²) in [5, 5.41) is 22.2. The van der Waals surface area contributed by atoms with E-state index in [4.69, 9.17) is 0 Å². The minimum atomic E-state index is -0.711. The van der Waals surface area contributed by atoms with Crippen LogP contribution in [-0.4, -0.2) is 31.0 Å². The molecule has 0 aliphatic rings. The molecule has 3 rings (SSSR count). The van der Waals surface area contributed by atoms with Crippen LogP contribution in [0.5, 0.6) is 0 Å². The van der Waals surface area contributed by atoms with Crippen molar-refractivity contribution in [1.29, 1.82) is 0 Å². The van der Waals surface area contributed by atoms with E-state index in [1.165, 1.54) is 16.0 Å². The Balaban J connectivity index is 1.66. The lowest BCUT2D eigenvalue weighted by atomic mass is 10.1. The summed E-state index contributed by atoms with van der Waals surface area (Å²) in [5.74, 6) is -0.247. The molecule has 1 atom stereocenters. The molecule has 3 aromatic rings. The van der Waals surface area contributed by atoms with Crippen LogP contribution in [0.3, 0.4) is 0 Å². The highest BCUT2D eigenvalue weighted by atomic mass is 32.1. The lowest BCUT2D eigenvalue weighted by molar-refractivity contribution is -0.116. The summed E-state index contributed by atoms with van der Waals surface area (Å²) in [6.45, 7) is 3.63. The number of thiazole rings is 1.